The van der Waals surface area contributed by atoms with Crippen molar-refractivity contribution in [3.05, 3.63) is 22.8 Å². The van der Waals surface area contributed by atoms with Crippen molar-refractivity contribution >= 4 is 23.3 Å². The second-order valence-corrected chi connectivity index (χ2v) is 4.86. The van der Waals surface area contributed by atoms with Gasteiger partial charge >= 0.3 is 0 Å². The van der Waals surface area contributed by atoms with Crippen LogP contribution in [0, 0.1) is 5.92 Å². The Kier molecular flexibility index (Phi) is 4.04. The molecule has 0 radical (unpaired) electrons. The molecule has 1 aliphatic rings. The Balaban J connectivity index is 2.04. The normalized spacial score (nSPS) is 20.7. The maximum atomic E-state index is 12.0. The molecule has 2 rings (SSSR count). The standard InChI is InChI=1S/C12H16ClN3O2/c1-7(8-4-5-18-6-8)15-12(17)11-9(13)2-3-10(14)16-11/h2-3,7-8H,4-6H2,1H3,(H2,14,16)(H,15,17). The Labute approximate surface area is 111 Å². The van der Waals surface area contributed by atoms with Crippen LogP contribution in [0.3, 0.4) is 0 Å². The van der Waals surface area contributed by atoms with Gasteiger partial charge in [0.15, 0.2) is 0 Å². The van der Waals surface area contributed by atoms with Crippen LogP contribution in [-0.4, -0.2) is 30.1 Å². The fraction of sp³-hybridized carbons (Fsp3) is 0.500. The summed E-state index contributed by atoms with van der Waals surface area (Å²) in [5, 5.41) is 3.19. The van der Waals surface area contributed by atoms with Crippen LogP contribution in [0.25, 0.3) is 0 Å². The van der Waals surface area contributed by atoms with Crippen molar-refractivity contribution in [1.82, 2.24) is 10.3 Å². The third kappa shape index (κ3) is 2.91. The Morgan fingerprint density at radius 2 is 2.44 bits per heavy atom. The molecule has 1 aliphatic heterocycles. The molecule has 6 heteroatoms. The minimum absolute atomic E-state index is 0.0271. The molecule has 1 aromatic heterocycles. The van der Waals surface area contributed by atoms with Crippen LogP contribution in [0.1, 0.15) is 23.8 Å². The molecule has 1 fully saturated rings. The largest absolute Gasteiger partial charge is 0.384 e. The second-order valence-electron chi connectivity index (χ2n) is 4.45. The summed E-state index contributed by atoms with van der Waals surface area (Å²) >= 11 is 5.93. The third-order valence-corrected chi connectivity index (χ3v) is 3.42. The van der Waals surface area contributed by atoms with Gasteiger partial charge in [0.25, 0.3) is 5.91 Å². The van der Waals surface area contributed by atoms with Crippen LogP contribution < -0.4 is 11.1 Å². The number of ether oxygens (including phenoxy) is 1. The van der Waals surface area contributed by atoms with E-state index in [-0.39, 0.29) is 23.5 Å². The lowest BCUT2D eigenvalue weighted by atomic mass is 10.0. The minimum Gasteiger partial charge on any atom is -0.384 e. The molecule has 3 N–H and O–H groups in total. The Bertz CT molecular complexity index is 447. The van der Waals surface area contributed by atoms with Gasteiger partial charge in [-0.25, -0.2) is 4.98 Å². The molecule has 18 heavy (non-hydrogen) atoms. The van der Waals surface area contributed by atoms with Gasteiger partial charge in [-0.2, -0.15) is 0 Å². The highest BCUT2D eigenvalue weighted by Gasteiger charge is 2.24. The van der Waals surface area contributed by atoms with E-state index in [0.29, 0.717) is 17.5 Å². The van der Waals surface area contributed by atoms with E-state index >= 15 is 0 Å². The zero-order valence-electron chi connectivity index (χ0n) is 10.1. The monoisotopic (exact) mass is 269 g/mol. The lowest BCUT2D eigenvalue weighted by Gasteiger charge is -2.19. The van der Waals surface area contributed by atoms with Crippen molar-refractivity contribution in [2.24, 2.45) is 5.92 Å². The number of carbonyl (C=O) groups excluding carboxylic acids is 1. The number of hydrogen-bond acceptors (Lipinski definition) is 4. The first-order valence-electron chi connectivity index (χ1n) is 5.88. The molecule has 5 nitrogen and oxygen atoms in total. The fourth-order valence-corrected chi connectivity index (χ4v) is 2.15. The summed E-state index contributed by atoms with van der Waals surface area (Å²) in [5.41, 5.74) is 5.72. The third-order valence-electron chi connectivity index (χ3n) is 3.11. The summed E-state index contributed by atoms with van der Waals surface area (Å²) < 4.78 is 5.30. The van der Waals surface area contributed by atoms with Crippen LogP contribution in [0.15, 0.2) is 12.1 Å². The number of carbonyl (C=O) groups is 1. The number of hydrogen-bond donors (Lipinski definition) is 2. The van der Waals surface area contributed by atoms with Crippen molar-refractivity contribution in [3.8, 4) is 0 Å². The van der Waals surface area contributed by atoms with Crippen molar-refractivity contribution in [1.29, 1.82) is 0 Å². The van der Waals surface area contributed by atoms with E-state index in [9.17, 15) is 4.79 Å². The Morgan fingerprint density at radius 3 is 3.11 bits per heavy atom. The highest BCUT2D eigenvalue weighted by molar-refractivity contribution is 6.33. The number of halogens is 1. The molecule has 1 saturated heterocycles. The van der Waals surface area contributed by atoms with Crippen LogP contribution in [0.2, 0.25) is 5.02 Å². The number of rotatable bonds is 3. The van der Waals surface area contributed by atoms with Crippen molar-refractivity contribution in [2.75, 3.05) is 18.9 Å². The average molecular weight is 270 g/mol. The molecular weight excluding hydrogens is 254 g/mol. The number of anilines is 1. The van der Waals surface area contributed by atoms with Crippen molar-refractivity contribution in [3.63, 3.8) is 0 Å². The molecule has 0 aliphatic carbocycles. The summed E-state index contributed by atoms with van der Waals surface area (Å²) in [6.45, 7) is 3.39. The highest BCUT2D eigenvalue weighted by Crippen LogP contribution is 2.18. The minimum atomic E-state index is -0.299. The molecule has 98 valence electrons. The van der Waals surface area contributed by atoms with Gasteiger partial charge in [-0.15, -0.1) is 0 Å². The van der Waals surface area contributed by atoms with Gasteiger partial charge in [-0.1, -0.05) is 11.6 Å². The number of pyridine rings is 1. The SMILES string of the molecule is CC(NC(=O)c1nc(N)ccc1Cl)C1CCOC1. The van der Waals surface area contributed by atoms with Gasteiger partial charge in [0, 0.05) is 18.6 Å². The van der Waals surface area contributed by atoms with Gasteiger partial charge in [-0.05, 0) is 25.5 Å². The molecule has 0 spiro atoms. The van der Waals surface area contributed by atoms with Gasteiger partial charge < -0.3 is 15.8 Å². The second kappa shape index (κ2) is 5.54. The van der Waals surface area contributed by atoms with Crippen molar-refractivity contribution < 1.29 is 9.53 Å². The predicted molar refractivity (Wildman–Crippen MR) is 69.5 cm³/mol. The lowest BCUT2D eigenvalue weighted by molar-refractivity contribution is 0.0917. The molecule has 1 aromatic rings. The van der Waals surface area contributed by atoms with Gasteiger partial charge in [0.05, 0.1) is 11.6 Å². The molecule has 0 aromatic carbocycles. The van der Waals surface area contributed by atoms with E-state index in [1.807, 2.05) is 6.92 Å². The van der Waals surface area contributed by atoms with Gasteiger partial charge in [0.2, 0.25) is 0 Å². The van der Waals surface area contributed by atoms with E-state index in [2.05, 4.69) is 10.3 Å². The summed E-state index contributed by atoms with van der Waals surface area (Å²) in [4.78, 5) is 16.0. The molecule has 0 bridgehead atoms. The number of amides is 1. The zero-order valence-corrected chi connectivity index (χ0v) is 10.9. The van der Waals surface area contributed by atoms with E-state index in [1.54, 1.807) is 12.1 Å². The Hall–Kier alpha value is -1.33. The number of nitrogens with zero attached hydrogens (tertiary/aromatic N) is 1. The van der Waals surface area contributed by atoms with Crippen LogP contribution >= 0.6 is 11.6 Å². The maximum Gasteiger partial charge on any atom is 0.271 e. The lowest BCUT2D eigenvalue weighted by Crippen LogP contribution is -2.38. The average Bonchev–Trinajstić information content (AvgIpc) is 2.85. The van der Waals surface area contributed by atoms with E-state index in [0.717, 1.165) is 13.0 Å². The van der Waals surface area contributed by atoms with E-state index in [1.165, 1.54) is 0 Å². The first kappa shape index (κ1) is 13.1. The summed E-state index contributed by atoms with van der Waals surface area (Å²) in [7, 11) is 0. The van der Waals surface area contributed by atoms with Crippen LogP contribution in [0.5, 0.6) is 0 Å². The summed E-state index contributed by atoms with van der Waals surface area (Å²) in [6.07, 6.45) is 0.958. The summed E-state index contributed by atoms with van der Waals surface area (Å²) in [5.74, 6) is 0.321. The molecule has 0 saturated carbocycles. The Morgan fingerprint density at radius 1 is 1.67 bits per heavy atom. The quantitative estimate of drug-likeness (QED) is 0.871. The first-order valence-corrected chi connectivity index (χ1v) is 6.26. The topological polar surface area (TPSA) is 77.2 Å². The zero-order chi connectivity index (χ0) is 13.1. The maximum absolute atomic E-state index is 12.0. The van der Waals surface area contributed by atoms with Gasteiger partial charge in [-0.3, -0.25) is 4.79 Å². The smallest absolute Gasteiger partial charge is 0.271 e. The number of nitrogens with two attached hydrogens (primary N) is 1. The van der Waals surface area contributed by atoms with Crippen LogP contribution in [-0.2, 0) is 4.74 Å². The summed E-state index contributed by atoms with van der Waals surface area (Å²) in [6, 6.07) is 3.16. The van der Waals surface area contributed by atoms with Gasteiger partial charge in [0.1, 0.15) is 11.5 Å². The van der Waals surface area contributed by atoms with Crippen molar-refractivity contribution in [2.45, 2.75) is 19.4 Å². The molecule has 2 atom stereocenters. The molecule has 2 heterocycles. The fourth-order valence-electron chi connectivity index (χ4n) is 1.96. The highest BCUT2D eigenvalue weighted by atomic mass is 35.5. The van der Waals surface area contributed by atoms with E-state index < -0.39 is 0 Å². The number of aromatic nitrogens is 1. The first-order chi connectivity index (χ1) is 8.58. The predicted octanol–water partition coefficient (Wildman–Crippen LogP) is 1.47. The molecule has 2 unspecified atom stereocenters. The van der Waals surface area contributed by atoms with Crippen LogP contribution in [0.4, 0.5) is 5.82 Å². The molecule has 1 amide bonds. The molecular formula is C12H16ClN3O2. The number of nitrogens with one attached hydrogen (secondary N) is 1. The number of nitrogen functional groups attached to an aromatic ring is 1. The van der Waals surface area contributed by atoms with E-state index in [4.69, 9.17) is 22.1 Å².